The van der Waals surface area contributed by atoms with E-state index >= 15 is 0 Å². The second-order valence-electron chi connectivity index (χ2n) is 13.9. The van der Waals surface area contributed by atoms with Crippen LogP contribution in [0.4, 0.5) is 17.1 Å². The van der Waals surface area contributed by atoms with Gasteiger partial charge in [0.25, 0.3) is 0 Å². The van der Waals surface area contributed by atoms with Crippen LogP contribution >= 0.6 is 0 Å². The molecule has 0 unspecified atom stereocenters. The van der Waals surface area contributed by atoms with Crippen LogP contribution in [-0.2, 0) is 0 Å². The molecule has 0 heterocycles. The minimum atomic E-state index is 1.11. The molecular weight excluding hydrogens is 639 g/mol. The molecular formula is C52H39N. The molecule has 0 saturated carbocycles. The first kappa shape index (κ1) is 32.2. The highest BCUT2D eigenvalue weighted by atomic mass is 15.1. The van der Waals surface area contributed by atoms with Crippen LogP contribution in [0.2, 0.25) is 0 Å². The van der Waals surface area contributed by atoms with Crippen molar-refractivity contribution < 1.29 is 0 Å². The molecule has 0 aliphatic carbocycles. The molecule has 0 aliphatic rings. The van der Waals surface area contributed by atoms with Crippen molar-refractivity contribution in [2.45, 2.75) is 13.8 Å². The first-order valence-electron chi connectivity index (χ1n) is 18.3. The molecule has 252 valence electrons. The summed E-state index contributed by atoms with van der Waals surface area (Å²) < 4.78 is 0. The van der Waals surface area contributed by atoms with Crippen molar-refractivity contribution in [1.29, 1.82) is 0 Å². The van der Waals surface area contributed by atoms with Crippen LogP contribution in [0.1, 0.15) is 11.1 Å². The predicted octanol–water partition coefficient (Wildman–Crippen LogP) is 14.7. The number of hydrogen-bond donors (Lipinski definition) is 0. The van der Waals surface area contributed by atoms with E-state index in [0.29, 0.717) is 0 Å². The minimum absolute atomic E-state index is 1.11. The third-order valence-electron chi connectivity index (χ3n) is 10.6. The van der Waals surface area contributed by atoms with Crippen molar-refractivity contribution in [1.82, 2.24) is 0 Å². The van der Waals surface area contributed by atoms with Crippen LogP contribution in [-0.4, -0.2) is 0 Å². The van der Waals surface area contributed by atoms with Crippen LogP contribution in [0.25, 0.3) is 66.1 Å². The summed E-state index contributed by atoms with van der Waals surface area (Å²) in [4.78, 5) is 2.38. The monoisotopic (exact) mass is 677 g/mol. The van der Waals surface area contributed by atoms with E-state index in [1.165, 1.54) is 77.2 Å². The number of benzene rings is 9. The average Bonchev–Trinajstić information content (AvgIpc) is 3.22. The molecule has 9 aromatic carbocycles. The van der Waals surface area contributed by atoms with Gasteiger partial charge in [0.15, 0.2) is 0 Å². The predicted molar refractivity (Wildman–Crippen MR) is 227 cm³/mol. The van der Waals surface area contributed by atoms with Crippen molar-refractivity contribution in [3.8, 4) is 44.5 Å². The van der Waals surface area contributed by atoms with Gasteiger partial charge in [-0.2, -0.15) is 0 Å². The van der Waals surface area contributed by atoms with E-state index in [4.69, 9.17) is 0 Å². The molecule has 9 rings (SSSR count). The lowest BCUT2D eigenvalue weighted by Crippen LogP contribution is -2.10. The van der Waals surface area contributed by atoms with Gasteiger partial charge in [-0.15, -0.1) is 0 Å². The molecule has 9 aromatic rings. The summed E-state index contributed by atoms with van der Waals surface area (Å²) in [7, 11) is 0. The standard InChI is InChI=1S/C52H39N/c1-36-12-6-10-18-48(36)51-35-47(28-20-37(51)2)53(45-29-23-40(24-30-45)38-13-4-3-5-14-38)46-31-25-42(26-32-46)50-33-27-41-16-9-11-19-49(41)52(50)44-22-21-39-15-7-8-17-43(39)34-44/h3-35H,1-2H3. The van der Waals surface area contributed by atoms with Gasteiger partial charge < -0.3 is 4.90 Å². The van der Waals surface area contributed by atoms with Gasteiger partial charge in [0.2, 0.25) is 0 Å². The molecule has 0 aliphatic heterocycles. The molecule has 1 heteroatoms. The van der Waals surface area contributed by atoms with Gasteiger partial charge in [-0.25, -0.2) is 0 Å². The fourth-order valence-electron chi connectivity index (χ4n) is 7.75. The van der Waals surface area contributed by atoms with Crippen LogP contribution in [0.5, 0.6) is 0 Å². The lowest BCUT2D eigenvalue weighted by Gasteiger charge is -2.27. The zero-order valence-electron chi connectivity index (χ0n) is 30.0. The first-order valence-corrected chi connectivity index (χ1v) is 18.3. The molecule has 0 N–H and O–H groups in total. The van der Waals surface area contributed by atoms with Crippen molar-refractivity contribution in [3.05, 3.63) is 211 Å². The Morgan fingerprint density at radius 2 is 0.849 bits per heavy atom. The normalized spacial score (nSPS) is 11.2. The Balaban J connectivity index is 1.17. The highest BCUT2D eigenvalue weighted by Gasteiger charge is 2.18. The molecule has 0 aromatic heterocycles. The van der Waals surface area contributed by atoms with Crippen LogP contribution < -0.4 is 4.90 Å². The van der Waals surface area contributed by atoms with E-state index in [2.05, 4.69) is 219 Å². The Labute approximate surface area is 312 Å². The highest BCUT2D eigenvalue weighted by molar-refractivity contribution is 6.05. The summed E-state index contributed by atoms with van der Waals surface area (Å²) in [6.07, 6.45) is 0. The van der Waals surface area contributed by atoms with Crippen molar-refractivity contribution >= 4 is 38.6 Å². The molecule has 0 amide bonds. The molecule has 1 nitrogen and oxygen atoms in total. The van der Waals surface area contributed by atoms with E-state index < -0.39 is 0 Å². The fourth-order valence-corrected chi connectivity index (χ4v) is 7.75. The Kier molecular flexibility index (Phi) is 8.38. The van der Waals surface area contributed by atoms with Gasteiger partial charge in [-0.1, -0.05) is 158 Å². The van der Waals surface area contributed by atoms with E-state index in [1.807, 2.05) is 0 Å². The van der Waals surface area contributed by atoms with E-state index in [0.717, 1.165) is 17.1 Å². The number of aryl methyl sites for hydroxylation is 2. The quantitative estimate of drug-likeness (QED) is 0.162. The zero-order chi connectivity index (χ0) is 35.7. The number of anilines is 3. The van der Waals surface area contributed by atoms with Crippen LogP contribution in [0.15, 0.2) is 200 Å². The Bertz CT molecular complexity index is 2720. The molecule has 0 spiro atoms. The van der Waals surface area contributed by atoms with Crippen molar-refractivity contribution in [2.75, 3.05) is 4.90 Å². The maximum atomic E-state index is 2.38. The summed E-state index contributed by atoms with van der Waals surface area (Å²) in [5.74, 6) is 0. The van der Waals surface area contributed by atoms with Gasteiger partial charge in [0.05, 0.1) is 0 Å². The second kappa shape index (κ2) is 13.8. The van der Waals surface area contributed by atoms with Gasteiger partial charge >= 0.3 is 0 Å². The molecule has 53 heavy (non-hydrogen) atoms. The highest BCUT2D eigenvalue weighted by Crippen LogP contribution is 2.42. The Morgan fingerprint density at radius 1 is 0.302 bits per heavy atom. The Hall–Kier alpha value is -6.70. The van der Waals surface area contributed by atoms with Gasteiger partial charge in [0, 0.05) is 17.1 Å². The van der Waals surface area contributed by atoms with Gasteiger partial charge in [0.1, 0.15) is 0 Å². The lowest BCUT2D eigenvalue weighted by atomic mass is 9.89. The molecule has 0 bridgehead atoms. The molecule has 0 radical (unpaired) electrons. The van der Waals surface area contributed by atoms with Gasteiger partial charge in [-0.3, -0.25) is 0 Å². The zero-order valence-corrected chi connectivity index (χ0v) is 30.0. The topological polar surface area (TPSA) is 3.24 Å². The van der Waals surface area contributed by atoms with Crippen molar-refractivity contribution in [3.63, 3.8) is 0 Å². The smallest absolute Gasteiger partial charge is 0.0467 e. The SMILES string of the molecule is Cc1ccccc1-c1cc(N(c2ccc(-c3ccccc3)cc2)c2ccc(-c3ccc4ccccc4c3-c3ccc4ccccc4c3)cc2)ccc1C. The summed E-state index contributed by atoms with van der Waals surface area (Å²) in [5.41, 5.74) is 15.7. The third-order valence-corrected chi connectivity index (χ3v) is 10.6. The van der Waals surface area contributed by atoms with E-state index in [1.54, 1.807) is 0 Å². The largest absolute Gasteiger partial charge is 0.310 e. The molecule has 0 saturated heterocycles. The number of nitrogens with zero attached hydrogens (tertiary/aromatic N) is 1. The minimum Gasteiger partial charge on any atom is -0.310 e. The summed E-state index contributed by atoms with van der Waals surface area (Å²) >= 11 is 0. The maximum Gasteiger partial charge on any atom is 0.0467 e. The molecule has 0 atom stereocenters. The third kappa shape index (κ3) is 6.17. The Morgan fingerprint density at radius 3 is 1.60 bits per heavy atom. The fraction of sp³-hybridized carbons (Fsp3) is 0.0385. The summed E-state index contributed by atoms with van der Waals surface area (Å²) in [5, 5.41) is 5.00. The average molecular weight is 678 g/mol. The summed E-state index contributed by atoms with van der Waals surface area (Å²) in [6.45, 7) is 4.40. The van der Waals surface area contributed by atoms with Gasteiger partial charge in [-0.05, 0) is 133 Å². The lowest BCUT2D eigenvalue weighted by molar-refractivity contribution is 1.27. The first-order chi connectivity index (χ1) is 26.1. The van der Waals surface area contributed by atoms with E-state index in [-0.39, 0.29) is 0 Å². The van der Waals surface area contributed by atoms with Crippen molar-refractivity contribution in [2.24, 2.45) is 0 Å². The molecule has 0 fully saturated rings. The summed E-state index contributed by atoms with van der Waals surface area (Å²) in [6, 6.07) is 72.9. The number of rotatable bonds is 7. The number of hydrogen-bond acceptors (Lipinski definition) is 1. The van der Waals surface area contributed by atoms with Crippen LogP contribution in [0, 0.1) is 13.8 Å². The number of fused-ring (bicyclic) bond motifs is 2. The van der Waals surface area contributed by atoms with Crippen LogP contribution in [0.3, 0.4) is 0 Å². The maximum absolute atomic E-state index is 2.38. The van der Waals surface area contributed by atoms with E-state index in [9.17, 15) is 0 Å². The second-order valence-corrected chi connectivity index (χ2v) is 13.9.